The molecule has 158 valence electrons. The first kappa shape index (κ1) is 20.6. The Balaban J connectivity index is 1.53. The second-order valence-corrected chi connectivity index (χ2v) is 10.1. The Morgan fingerprint density at radius 1 is 1.30 bits per heavy atom. The van der Waals surface area contributed by atoms with Crippen molar-refractivity contribution in [3.63, 3.8) is 0 Å². The van der Waals surface area contributed by atoms with Gasteiger partial charge in [-0.25, -0.2) is 4.98 Å². The number of hydrogen-bond acceptors (Lipinski definition) is 5. The minimum Gasteiger partial charge on any atom is -0.277 e. The van der Waals surface area contributed by atoms with Gasteiger partial charge >= 0.3 is 0 Å². The Morgan fingerprint density at radius 3 is 2.80 bits per heavy atom. The zero-order chi connectivity index (χ0) is 21.5. The fraction of sp³-hybridized carbons (Fsp3) is 0.435. The van der Waals surface area contributed by atoms with Crippen molar-refractivity contribution in [2.75, 3.05) is 5.43 Å². The first-order chi connectivity index (χ1) is 14.3. The van der Waals surface area contributed by atoms with Gasteiger partial charge in [0.05, 0.1) is 15.8 Å². The van der Waals surface area contributed by atoms with Crippen LogP contribution >= 0.6 is 11.3 Å². The zero-order valence-corrected chi connectivity index (χ0v) is 18.7. The van der Waals surface area contributed by atoms with Crippen molar-refractivity contribution in [1.29, 1.82) is 0 Å². The summed E-state index contributed by atoms with van der Waals surface area (Å²) in [6.45, 7) is 9.20. The predicted molar refractivity (Wildman–Crippen MR) is 122 cm³/mol. The molecule has 0 saturated heterocycles. The number of para-hydroxylation sites is 1. The highest BCUT2D eigenvalue weighted by atomic mass is 32.1. The number of hydrazine groups is 1. The summed E-state index contributed by atoms with van der Waals surface area (Å²) >= 11 is 1.57. The summed E-state index contributed by atoms with van der Waals surface area (Å²) in [7, 11) is 0. The van der Waals surface area contributed by atoms with Crippen molar-refractivity contribution < 1.29 is 4.79 Å². The highest BCUT2D eigenvalue weighted by Crippen LogP contribution is 2.40. The highest BCUT2D eigenvalue weighted by Gasteiger charge is 2.30. The number of nitrogens with one attached hydrogen (secondary N) is 2. The van der Waals surface area contributed by atoms with Crippen LogP contribution in [-0.4, -0.2) is 15.5 Å². The minimum absolute atomic E-state index is 0.125. The van der Waals surface area contributed by atoms with Crippen LogP contribution in [0.4, 0.5) is 5.95 Å². The lowest BCUT2D eigenvalue weighted by molar-refractivity contribution is 0.0966. The van der Waals surface area contributed by atoms with Crippen molar-refractivity contribution in [2.45, 2.75) is 53.5 Å². The topological polar surface area (TPSA) is 76.0 Å². The maximum atomic E-state index is 12.8. The number of anilines is 1. The van der Waals surface area contributed by atoms with E-state index >= 15 is 0 Å². The lowest BCUT2D eigenvalue weighted by Gasteiger charge is -2.33. The molecular weight excluding hydrogens is 396 g/mol. The number of fused-ring (bicyclic) bond motifs is 2. The van der Waals surface area contributed by atoms with Gasteiger partial charge in [-0.2, -0.15) is 0 Å². The molecule has 2 aromatic heterocycles. The van der Waals surface area contributed by atoms with Crippen LogP contribution in [0.2, 0.25) is 0 Å². The molecule has 0 bridgehead atoms. The number of hydrogen-bond donors (Lipinski definition) is 2. The second kappa shape index (κ2) is 7.87. The molecular formula is C23H28N4O2S. The lowest BCUT2D eigenvalue weighted by Crippen LogP contribution is -2.34. The van der Waals surface area contributed by atoms with Crippen LogP contribution in [0.15, 0.2) is 35.1 Å². The number of nitrogens with zero attached hydrogens (tertiary/aromatic N) is 2. The van der Waals surface area contributed by atoms with Gasteiger partial charge in [-0.15, -0.1) is 11.3 Å². The molecule has 7 heteroatoms. The van der Waals surface area contributed by atoms with Crippen LogP contribution in [0.5, 0.6) is 0 Å². The Hall–Kier alpha value is -2.67. The van der Waals surface area contributed by atoms with Crippen molar-refractivity contribution in [3.8, 4) is 0 Å². The summed E-state index contributed by atoms with van der Waals surface area (Å²) in [5.41, 5.74) is 7.64. The summed E-state index contributed by atoms with van der Waals surface area (Å²) in [4.78, 5) is 32.0. The van der Waals surface area contributed by atoms with E-state index < -0.39 is 0 Å². The molecule has 1 aliphatic carbocycles. The Labute approximate surface area is 180 Å². The number of aryl methyl sites for hydroxylation is 1. The molecule has 1 unspecified atom stereocenters. The third-order valence-electron chi connectivity index (χ3n) is 6.00. The van der Waals surface area contributed by atoms with E-state index in [2.05, 4.69) is 36.6 Å². The van der Waals surface area contributed by atoms with E-state index in [0.717, 1.165) is 12.8 Å². The van der Waals surface area contributed by atoms with Crippen LogP contribution in [0, 0.1) is 11.3 Å². The van der Waals surface area contributed by atoms with Crippen LogP contribution < -0.4 is 16.4 Å². The maximum Gasteiger partial charge on any atom is 0.279 e. The summed E-state index contributed by atoms with van der Waals surface area (Å²) in [6.07, 6.45) is 3.22. The van der Waals surface area contributed by atoms with Gasteiger partial charge in [0.15, 0.2) is 0 Å². The molecule has 0 radical (unpaired) electrons. The standard InChI is InChI=1S/C23H28N4O2S/c1-5-27-21(29)16-8-6-7-9-17(16)24-22(27)26-25-20(28)19-13-14-12-15(23(2,3)4)10-11-18(14)30-19/h6-9,13,15H,5,10-12H2,1-4H3,(H,24,26)(H,25,28). The summed E-state index contributed by atoms with van der Waals surface area (Å²) in [5, 5.41) is 0.565. The van der Waals surface area contributed by atoms with Gasteiger partial charge in [-0.1, -0.05) is 32.9 Å². The van der Waals surface area contributed by atoms with Gasteiger partial charge in [0, 0.05) is 11.4 Å². The van der Waals surface area contributed by atoms with Crippen molar-refractivity contribution in [3.05, 3.63) is 56.0 Å². The molecule has 2 heterocycles. The molecule has 4 rings (SSSR count). The van der Waals surface area contributed by atoms with E-state index in [0.29, 0.717) is 34.2 Å². The number of thiophene rings is 1. The number of carbonyl (C=O) groups is 1. The maximum absolute atomic E-state index is 12.8. The fourth-order valence-corrected chi connectivity index (χ4v) is 5.21. The Bertz CT molecular complexity index is 1160. The molecule has 6 nitrogen and oxygen atoms in total. The third kappa shape index (κ3) is 3.86. The van der Waals surface area contributed by atoms with Gasteiger partial charge in [-0.05, 0) is 61.3 Å². The first-order valence-corrected chi connectivity index (χ1v) is 11.3. The predicted octanol–water partition coefficient (Wildman–Crippen LogP) is 4.39. The van der Waals surface area contributed by atoms with E-state index in [1.54, 1.807) is 23.5 Å². The van der Waals surface area contributed by atoms with E-state index in [9.17, 15) is 9.59 Å². The Kier molecular flexibility index (Phi) is 5.40. The second-order valence-electron chi connectivity index (χ2n) is 8.95. The van der Waals surface area contributed by atoms with Gasteiger partial charge in [-0.3, -0.25) is 25.0 Å². The summed E-state index contributed by atoms with van der Waals surface area (Å²) in [5.74, 6) is 0.768. The minimum atomic E-state index is -0.202. The summed E-state index contributed by atoms with van der Waals surface area (Å²) in [6, 6.07) is 9.25. The quantitative estimate of drug-likeness (QED) is 0.609. The third-order valence-corrected chi connectivity index (χ3v) is 7.23. The van der Waals surface area contributed by atoms with E-state index in [1.165, 1.54) is 21.4 Å². The van der Waals surface area contributed by atoms with E-state index in [4.69, 9.17) is 0 Å². The average molecular weight is 425 g/mol. The number of carbonyl (C=O) groups excluding carboxylic acids is 1. The molecule has 0 aliphatic heterocycles. The number of benzene rings is 1. The molecule has 2 N–H and O–H groups in total. The SMILES string of the molecule is CCn1c(NNC(=O)c2cc3c(s2)CCC(C(C)(C)C)C3)nc2ccccc2c1=O. The molecule has 3 aromatic rings. The largest absolute Gasteiger partial charge is 0.279 e. The van der Waals surface area contributed by atoms with Crippen molar-refractivity contribution in [1.82, 2.24) is 15.0 Å². The number of aromatic nitrogens is 2. The van der Waals surface area contributed by atoms with Crippen LogP contribution in [0.3, 0.4) is 0 Å². The molecule has 0 saturated carbocycles. The number of rotatable bonds is 4. The van der Waals surface area contributed by atoms with Crippen LogP contribution in [0.1, 0.15) is 54.2 Å². The van der Waals surface area contributed by atoms with E-state index in [-0.39, 0.29) is 16.9 Å². The van der Waals surface area contributed by atoms with Crippen molar-refractivity contribution in [2.24, 2.45) is 11.3 Å². The van der Waals surface area contributed by atoms with Crippen LogP contribution in [0.25, 0.3) is 10.9 Å². The lowest BCUT2D eigenvalue weighted by atomic mass is 9.72. The fourth-order valence-electron chi connectivity index (χ4n) is 4.11. The van der Waals surface area contributed by atoms with Gasteiger partial charge < -0.3 is 0 Å². The highest BCUT2D eigenvalue weighted by molar-refractivity contribution is 7.14. The zero-order valence-electron chi connectivity index (χ0n) is 17.9. The smallest absolute Gasteiger partial charge is 0.277 e. The number of amides is 1. The van der Waals surface area contributed by atoms with Gasteiger partial charge in [0.1, 0.15) is 0 Å². The molecule has 0 spiro atoms. The average Bonchev–Trinajstić information content (AvgIpc) is 3.15. The molecule has 1 aliphatic rings. The summed E-state index contributed by atoms with van der Waals surface area (Å²) < 4.78 is 1.52. The molecule has 30 heavy (non-hydrogen) atoms. The van der Waals surface area contributed by atoms with E-state index in [1.807, 2.05) is 25.1 Å². The molecule has 1 amide bonds. The Morgan fingerprint density at radius 2 is 2.07 bits per heavy atom. The first-order valence-electron chi connectivity index (χ1n) is 10.5. The monoisotopic (exact) mass is 424 g/mol. The molecule has 0 fully saturated rings. The van der Waals surface area contributed by atoms with Crippen LogP contribution in [-0.2, 0) is 19.4 Å². The van der Waals surface area contributed by atoms with Gasteiger partial charge in [0.25, 0.3) is 11.5 Å². The molecule has 1 atom stereocenters. The van der Waals surface area contributed by atoms with Crippen molar-refractivity contribution >= 4 is 34.1 Å². The normalized spacial score (nSPS) is 16.3. The molecule has 1 aromatic carbocycles. The van der Waals surface area contributed by atoms with Gasteiger partial charge in [0.2, 0.25) is 5.95 Å².